The first-order valence-electron chi connectivity index (χ1n) is 4.88. The molecule has 1 N–H and O–H groups in total. The fourth-order valence-corrected chi connectivity index (χ4v) is 1.68. The smallest absolute Gasteiger partial charge is 0.130 e. The highest BCUT2D eigenvalue weighted by atomic mass is 19.1. The zero-order valence-corrected chi connectivity index (χ0v) is 7.91. The summed E-state index contributed by atoms with van der Waals surface area (Å²) >= 11 is 0. The van der Waals surface area contributed by atoms with Crippen LogP contribution in [0.25, 0.3) is 5.57 Å². The molecule has 2 rings (SSSR count). The predicted molar refractivity (Wildman–Crippen MR) is 54.2 cm³/mol. The van der Waals surface area contributed by atoms with E-state index in [0.29, 0.717) is 11.5 Å². The Morgan fingerprint density at radius 3 is 2.71 bits per heavy atom. The Kier molecular flexibility index (Phi) is 2.64. The molecule has 0 spiro atoms. The highest BCUT2D eigenvalue weighted by Gasteiger charge is 2.27. The number of allylic oxidation sites excluding steroid dienone is 1. The first kappa shape index (κ1) is 9.41. The van der Waals surface area contributed by atoms with Gasteiger partial charge in [0.05, 0.1) is 6.61 Å². The van der Waals surface area contributed by atoms with Crippen LogP contribution in [0.4, 0.5) is 4.39 Å². The van der Waals surface area contributed by atoms with Crippen LogP contribution in [-0.4, -0.2) is 11.7 Å². The summed E-state index contributed by atoms with van der Waals surface area (Å²) in [7, 11) is 0. The van der Waals surface area contributed by atoms with Gasteiger partial charge < -0.3 is 5.11 Å². The van der Waals surface area contributed by atoms with Gasteiger partial charge in [-0.15, -0.1) is 0 Å². The summed E-state index contributed by atoms with van der Waals surface area (Å²) in [6, 6.07) is 6.74. The standard InChI is InChI=1S/C12H13FO/c13-12-4-2-1-3-11(12)10(7-8-14)9-5-6-9/h1-4,7,9,14H,5-6,8H2/b10-7-. The number of hydrogen-bond donors (Lipinski definition) is 1. The minimum Gasteiger partial charge on any atom is -0.392 e. The quantitative estimate of drug-likeness (QED) is 0.780. The van der Waals surface area contributed by atoms with Crippen LogP contribution < -0.4 is 0 Å². The first-order valence-corrected chi connectivity index (χ1v) is 4.88. The number of halogens is 1. The Morgan fingerprint density at radius 2 is 2.14 bits per heavy atom. The van der Waals surface area contributed by atoms with E-state index in [2.05, 4.69) is 0 Å². The number of aliphatic hydroxyl groups is 1. The van der Waals surface area contributed by atoms with Gasteiger partial charge in [-0.1, -0.05) is 24.3 Å². The number of rotatable bonds is 3. The van der Waals surface area contributed by atoms with Crippen molar-refractivity contribution in [2.24, 2.45) is 5.92 Å². The molecule has 0 aliphatic heterocycles. The van der Waals surface area contributed by atoms with Gasteiger partial charge in [-0.3, -0.25) is 0 Å². The topological polar surface area (TPSA) is 20.2 Å². The summed E-state index contributed by atoms with van der Waals surface area (Å²) in [4.78, 5) is 0. The van der Waals surface area contributed by atoms with Gasteiger partial charge in [0, 0.05) is 5.56 Å². The van der Waals surface area contributed by atoms with Crippen molar-refractivity contribution in [1.82, 2.24) is 0 Å². The average Bonchev–Trinajstić information content (AvgIpc) is 2.99. The molecule has 0 heterocycles. The van der Waals surface area contributed by atoms with Crippen molar-refractivity contribution in [3.63, 3.8) is 0 Å². The van der Waals surface area contributed by atoms with Crippen LogP contribution in [0.2, 0.25) is 0 Å². The van der Waals surface area contributed by atoms with Gasteiger partial charge in [0.15, 0.2) is 0 Å². The Balaban J connectivity index is 2.35. The van der Waals surface area contributed by atoms with Crippen molar-refractivity contribution in [2.45, 2.75) is 12.8 Å². The molecule has 0 radical (unpaired) electrons. The molecule has 0 bridgehead atoms. The van der Waals surface area contributed by atoms with Crippen molar-refractivity contribution < 1.29 is 9.50 Å². The number of benzene rings is 1. The molecule has 1 nitrogen and oxygen atoms in total. The van der Waals surface area contributed by atoms with E-state index in [-0.39, 0.29) is 12.4 Å². The SMILES string of the molecule is OC/C=C(\c1ccccc1F)C1CC1. The van der Waals surface area contributed by atoms with Crippen LogP contribution in [0.5, 0.6) is 0 Å². The fourth-order valence-electron chi connectivity index (χ4n) is 1.68. The Morgan fingerprint density at radius 1 is 1.43 bits per heavy atom. The Hall–Kier alpha value is -1.15. The summed E-state index contributed by atoms with van der Waals surface area (Å²) in [6.45, 7) is -0.0137. The summed E-state index contributed by atoms with van der Waals surface area (Å²) in [6.07, 6.45) is 3.94. The van der Waals surface area contributed by atoms with E-state index < -0.39 is 0 Å². The average molecular weight is 192 g/mol. The fraction of sp³-hybridized carbons (Fsp3) is 0.333. The molecule has 1 saturated carbocycles. The molecule has 2 heteroatoms. The minimum absolute atomic E-state index is 0.0137. The molecule has 0 saturated heterocycles. The Bertz CT molecular complexity index is 353. The molecule has 1 aromatic carbocycles. The van der Waals surface area contributed by atoms with Crippen molar-refractivity contribution in [3.8, 4) is 0 Å². The molecular weight excluding hydrogens is 179 g/mol. The van der Waals surface area contributed by atoms with E-state index in [4.69, 9.17) is 5.11 Å². The zero-order chi connectivity index (χ0) is 9.97. The van der Waals surface area contributed by atoms with Crippen LogP contribution in [0, 0.1) is 11.7 Å². The molecular formula is C12H13FO. The van der Waals surface area contributed by atoms with Crippen LogP contribution in [0.15, 0.2) is 30.3 Å². The lowest BCUT2D eigenvalue weighted by Crippen LogP contribution is -1.93. The molecule has 0 aromatic heterocycles. The molecule has 1 aromatic rings. The summed E-state index contributed by atoms with van der Waals surface area (Å²) < 4.78 is 13.4. The van der Waals surface area contributed by atoms with E-state index in [9.17, 15) is 4.39 Å². The van der Waals surface area contributed by atoms with E-state index >= 15 is 0 Å². The summed E-state index contributed by atoms with van der Waals surface area (Å²) in [5.74, 6) is 0.262. The number of hydrogen-bond acceptors (Lipinski definition) is 1. The van der Waals surface area contributed by atoms with Crippen LogP contribution in [-0.2, 0) is 0 Å². The maximum atomic E-state index is 13.4. The largest absolute Gasteiger partial charge is 0.392 e. The van der Waals surface area contributed by atoms with Gasteiger partial charge >= 0.3 is 0 Å². The number of aliphatic hydroxyl groups excluding tert-OH is 1. The van der Waals surface area contributed by atoms with Gasteiger partial charge in [0.25, 0.3) is 0 Å². The Labute approximate surface area is 82.9 Å². The highest BCUT2D eigenvalue weighted by Crippen LogP contribution is 2.42. The van der Waals surface area contributed by atoms with Gasteiger partial charge in [0.2, 0.25) is 0 Å². The van der Waals surface area contributed by atoms with Crippen molar-refractivity contribution in [3.05, 3.63) is 41.7 Å². The predicted octanol–water partition coefficient (Wildman–Crippen LogP) is 2.61. The molecule has 1 aliphatic rings. The van der Waals surface area contributed by atoms with E-state index in [1.165, 1.54) is 6.07 Å². The van der Waals surface area contributed by atoms with Crippen molar-refractivity contribution >= 4 is 5.57 Å². The molecule has 1 aliphatic carbocycles. The third-order valence-electron chi connectivity index (χ3n) is 2.51. The van der Waals surface area contributed by atoms with Crippen LogP contribution in [0.1, 0.15) is 18.4 Å². The second-order valence-electron chi connectivity index (χ2n) is 3.60. The van der Waals surface area contributed by atoms with E-state index in [1.807, 2.05) is 6.07 Å². The minimum atomic E-state index is -0.195. The molecule has 0 amide bonds. The van der Waals surface area contributed by atoms with Gasteiger partial charge in [-0.05, 0) is 30.4 Å². The lowest BCUT2D eigenvalue weighted by Gasteiger charge is -2.06. The highest BCUT2D eigenvalue weighted by molar-refractivity contribution is 5.69. The van der Waals surface area contributed by atoms with Gasteiger partial charge in [-0.25, -0.2) is 4.39 Å². The molecule has 0 atom stereocenters. The second kappa shape index (κ2) is 3.93. The lowest BCUT2D eigenvalue weighted by atomic mass is 10.0. The molecule has 14 heavy (non-hydrogen) atoms. The second-order valence-corrected chi connectivity index (χ2v) is 3.60. The van der Waals surface area contributed by atoms with Gasteiger partial charge in [-0.2, -0.15) is 0 Å². The van der Waals surface area contributed by atoms with Crippen molar-refractivity contribution in [2.75, 3.05) is 6.61 Å². The molecule has 1 fully saturated rings. The van der Waals surface area contributed by atoms with Crippen LogP contribution in [0.3, 0.4) is 0 Å². The lowest BCUT2D eigenvalue weighted by molar-refractivity contribution is 0.343. The first-order chi connectivity index (χ1) is 6.83. The summed E-state index contributed by atoms with van der Waals surface area (Å²) in [5.41, 5.74) is 1.61. The third kappa shape index (κ3) is 1.85. The van der Waals surface area contributed by atoms with E-state index in [1.54, 1.807) is 18.2 Å². The van der Waals surface area contributed by atoms with Crippen LogP contribution >= 0.6 is 0 Å². The monoisotopic (exact) mass is 192 g/mol. The van der Waals surface area contributed by atoms with E-state index in [0.717, 1.165) is 18.4 Å². The maximum absolute atomic E-state index is 13.4. The van der Waals surface area contributed by atoms with Crippen molar-refractivity contribution in [1.29, 1.82) is 0 Å². The molecule has 0 unspecified atom stereocenters. The zero-order valence-electron chi connectivity index (χ0n) is 7.91. The summed E-state index contributed by atoms with van der Waals surface area (Å²) in [5, 5.41) is 8.87. The third-order valence-corrected chi connectivity index (χ3v) is 2.51. The normalized spacial score (nSPS) is 17.1. The maximum Gasteiger partial charge on any atom is 0.130 e. The molecule has 74 valence electrons. The van der Waals surface area contributed by atoms with Gasteiger partial charge in [0.1, 0.15) is 5.82 Å².